The molecule has 2 rings (SSSR count). The Balaban J connectivity index is 2.12. The van der Waals surface area contributed by atoms with E-state index in [-0.39, 0.29) is 5.56 Å². The van der Waals surface area contributed by atoms with Crippen molar-refractivity contribution in [1.82, 2.24) is 9.78 Å². The van der Waals surface area contributed by atoms with Crippen LogP contribution in [0.4, 0.5) is 0 Å². The maximum atomic E-state index is 10.8. The summed E-state index contributed by atoms with van der Waals surface area (Å²) in [5, 5.41) is 13.1. The summed E-state index contributed by atoms with van der Waals surface area (Å²) in [5.74, 6) is -0.363. The summed E-state index contributed by atoms with van der Waals surface area (Å²) < 4.78 is 8.03. The van der Waals surface area contributed by atoms with Gasteiger partial charge in [0.1, 0.15) is 12.4 Å². The highest BCUT2D eigenvalue weighted by Gasteiger charge is 2.09. The number of aromatic nitrogens is 2. The number of ether oxygens (including phenoxy) is 1. The van der Waals surface area contributed by atoms with E-state index in [0.717, 1.165) is 11.4 Å². The molecular weight excluding hydrogens is 312 g/mol. The number of aryl methyl sites for hydroxylation is 2. The van der Waals surface area contributed by atoms with Crippen molar-refractivity contribution in [3.05, 3.63) is 45.7 Å². The van der Waals surface area contributed by atoms with Crippen LogP contribution in [0, 0.1) is 6.92 Å². The van der Waals surface area contributed by atoms with E-state index in [9.17, 15) is 4.79 Å². The molecule has 0 atom stereocenters. The average Bonchev–Trinajstić information content (AvgIpc) is 2.66. The first-order chi connectivity index (χ1) is 8.97. The van der Waals surface area contributed by atoms with Crippen LogP contribution in [-0.4, -0.2) is 20.9 Å². The first-order valence-corrected chi connectivity index (χ1v) is 6.42. The summed E-state index contributed by atoms with van der Waals surface area (Å²) in [6, 6.07) is 6.61. The van der Waals surface area contributed by atoms with Crippen molar-refractivity contribution in [1.29, 1.82) is 0 Å². The molecule has 0 bridgehead atoms. The van der Waals surface area contributed by atoms with Gasteiger partial charge in [-0.05, 0) is 47.1 Å². The van der Waals surface area contributed by atoms with Gasteiger partial charge in [-0.25, -0.2) is 4.79 Å². The molecule has 0 unspecified atom stereocenters. The zero-order chi connectivity index (χ0) is 14.0. The molecule has 0 amide bonds. The summed E-state index contributed by atoms with van der Waals surface area (Å²) in [6.45, 7) is 2.30. The standard InChI is InChI=1S/C13H13BrN2O3/c1-8-5-10(16(2)15-8)7-19-12-4-3-9(13(17)18)6-11(12)14/h3-6H,7H2,1-2H3,(H,17,18). The molecule has 1 N–H and O–H groups in total. The van der Waals surface area contributed by atoms with Crippen LogP contribution in [0.3, 0.4) is 0 Å². The maximum absolute atomic E-state index is 10.8. The lowest BCUT2D eigenvalue weighted by Gasteiger charge is -2.08. The number of hydrogen-bond acceptors (Lipinski definition) is 3. The van der Waals surface area contributed by atoms with Crippen molar-refractivity contribution in [2.75, 3.05) is 0 Å². The van der Waals surface area contributed by atoms with Gasteiger partial charge in [-0.15, -0.1) is 0 Å². The van der Waals surface area contributed by atoms with Gasteiger partial charge in [0.2, 0.25) is 0 Å². The van der Waals surface area contributed by atoms with Gasteiger partial charge in [-0.1, -0.05) is 0 Å². The number of hydrogen-bond donors (Lipinski definition) is 1. The summed E-state index contributed by atoms with van der Waals surface area (Å²) in [5.41, 5.74) is 2.10. The van der Waals surface area contributed by atoms with E-state index in [1.807, 2.05) is 20.0 Å². The highest BCUT2D eigenvalue weighted by atomic mass is 79.9. The molecule has 0 saturated heterocycles. The Morgan fingerprint density at radius 1 is 1.47 bits per heavy atom. The van der Waals surface area contributed by atoms with Crippen molar-refractivity contribution in [2.45, 2.75) is 13.5 Å². The van der Waals surface area contributed by atoms with Crippen LogP contribution in [0.1, 0.15) is 21.7 Å². The van der Waals surface area contributed by atoms with Crippen LogP contribution in [0.2, 0.25) is 0 Å². The molecule has 100 valence electrons. The number of rotatable bonds is 4. The highest BCUT2D eigenvalue weighted by molar-refractivity contribution is 9.10. The van der Waals surface area contributed by atoms with E-state index < -0.39 is 5.97 Å². The molecule has 0 fully saturated rings. The Morgan fingerprint density at radius 2 is 2.21 bits per heavy atom. The number of carboxylic acid groups (broad SMARTS) is 1. The second kappa shape index (κ2) is 5.44. The summed E-state index contributed by atoms with van der Waals surface area (Å²) in [6.07, 6.45) is 0. The van der Waals surface area contributed by atoms with Gasteiger partial charge in [0.05, 0.1) is 21.4 Å². The smallest absolute Gasteiger partial charge is 0.335 e. The average molecular weight is 325 g/mol. The summed E-state index contributed by atoms with van der Waals surface area (Å²) in [7, 11) is 1.86. The second-order valence-corrected chi connectivity index (χ2v) is 4.99. The number of carboxylic acids is 1. The predicted octanol–water partition coefficient (Wildman–Crippen LogP) is 2.77. The van der Waals surface area contributed by atoms with Crippen molar-refractivity contribution in [2.24, 2.45) is 7.05 Å². The van der Waals surface area contributed by atoms with Crippen molar-refractivity contribution >= 4 is 21.9 Å². The van der Waals surface area contributed by atoms with E-state index in [1.165, 1.54) is 12.1 Å². The first kappa shape index (κ1) is 13.6. The van der Waals surface area contributed by atoms with Crippen LogP contribution in [0.5, 0.6) is 5.75 Å². The monoisotopic (exact) mass is 324 g/mol. The Morgan fingerprint density at radius 3 is 2.74 bits per heavy atom. The van der Waals surface area contributed by atoms with E-state index in [4.69, 9.17) is 9.84 Å². The van der Waals surface area contributed by atoms with Gasteiger partial charge in [-0.3, -0.25) is 4.68 Å². The zero-order valence-corrected chi connectivity index (χ0v) is 12.1. The molecule has 5 nitrogen and oxygen atoms in total. The number of halogens is 1. The second-order valence-electron chi connectivity index (χ2n) is 4.14. The van der Waals surface area contributed by atoms with Gasteiger partial charge in [0.15, 0.2) is 0 Å². The van der Waals surface area contributed by atoms with E-state index >= 15 is 0 Å². The number of nitrogens with zero attached hydrogens (tertiary/aromatic N) is 2. The molecule has 0 aliphatic heterocycles. The van der Waals surface area contributed by atoms with Crippen LogP contribution < -0.4 is 4.74 Å². The highest BCUT2D eigenvalue weighted by Crippen LogP contribution is 2.26. The Labute approximate surface area is 118 Å². The molecule has 19 heavy (non-hydrogen) atoms. The van der Waals surface area contributed by atoms with Gasteiger partial charge < -0.3 is 9.84 Å². The predicted molar refractivity (Wildman–Crippen MR) is 73.4 cm³/mol. The molecule has 1 aromatic carbocycles. The maximum Gasteiger partial charge on any atom is 0.335 e. The van der Waals surface area contributed by atoms with Gasteiger partial charge in [0.25, 0.3) is 0 Å². The molecule has 0 aliphatic rings. The van der Waals surface area contributed by atoms with Crippen molar-refractivity contribution in [3.63, 3.8) is 0 Å². The largest absolute Gasteiger partial charge is 0.486 e. The lowest BCUT2D eigenvalue weighted by molar-refractivity contribution is 0.0696. The molecule has 1 heterocycles. The van der Waals surface area contributed by atoms with Crippen LogP contribution in [0.25, 0.3) is 0 Å². The molecule has 0 aliphatic carbocycles. The van der Waals surface area contributed by atoms with Gasteiger partial charge >= 0.3 is 5.97 Å². The Hall–Kier alpha value is -1.82. The lowest BCUT2D eigenvalue weighted by atomic mass is 10.2. The minimum Gasteiger partial charge on any atom is -0.486 e. The number of carbonyl (C=O) groups is 1. The normalized spacial score (nSPS) is 10.5. The molecule has 0 radical (unpaired) electrons. The Bertz CT molecular complexity index is 622. The Kier molecular flexibility index (Phi) is 3.90. The van der Waals surface area contributed by atoms with Crippen LogP contribution in [-0.2, 0) is 13.7 Å². The fourth-order valence-electron chi connectivity index (χ4n) is 1.70. The molecule has 0 saturated carbocycles. The third-order valence-corrected chi connectivity index (χ3v) is 3.27. The molecule has 6 heteroatoms. The third kappa shape index (κ3) is 3.14. The fourth-order valence-corrected chi connectivity index (χ4v) is 2.20. The van der Waals surface area contributed by atoms with Crippen LogP contribution in [0.15, 0.2) is 28.7 Å². The minimum absolute atomic E-state index is 0.218. The van der Waals surface area contributed by atoms with E-state index in [1.54, 1.807) is 10.7 Å². The number of benzene rings is 1. The summed E-state index contributed by atoms with van der Waals surface area (Å²) in [4.78, 5) is 10.8. The van der Waals surface area contributed by atoms with Crippen molar-refractivity contribution < 1.29 is 14.6 Å². The topological polar surface area (TPSA) is 64.3 Å². The van der Waals surface area contributed by atoms with Gasteiger partial charge in [0, 0.05) is 7.05 Å². The van der Waals surface area contributed by atoms with Crippen molar-refractivity contribution in [3.8, 4) is 5.75 Å². The minimum atomic E-state index is -0.963. The van der Waals surface area contributed by atoms with E-state index in [0.29, 0.717) is 16.8 Å². The van der Waals surface area contributed by atoms with Gasteiger partial charge in [-0.2, -0.15) is 5.10 Å². The summed E-state index contributed by atoms with van der Waals surface area (Å²) >= 11 is 3.30. The lowest BCUT2D eigenvalue weighted by Crippen LogP contribution is -2.04. The van der Waals surface area contributed by atoms with E-state index in [2.05, 4.69) is 21.0 Å². The number of aromatic carboxylic acids is 1. The zero-order valence-electron chi connectivity index (χ0n) is 10.6. The SMILES string of the molecule is Cc1cc(COc2ccc(C(=O)O)cc2Br)n(C)n1. The molecule has 0 spiro atoms. The molecule has 2 aromatic rings. The van der Waals surface area contributed by atoms with Crippen LogP contribution >= 0.6 is 15.9 Å². The third-order valence-electron chi connectivity index (χ3n) is 2.65. The molecular formula is C13H13BrN2O3. The molecule has 1 aromatic heterocycles. The quantitative estimate of drug-likeness (QED) is 0.939. The first-order valence-electron chi connectivity index (χ1n) is 5.62. The fraction of sp³-hybridized carbons (Fsp3) is 0.231.